The summed E-state index contributed by atoms with van der Waals surface area (Å²) in [5.74, 6) is -0.879. The molecule has 3 N–H and O–H groups in total. The highest BCUT2D eigenvalue weighted by Gasteiger charge is 2.16. The minimum atomic E-state index is -0.854. The Balaban J connectivity index is 1.47. The molecule has 3 aromatic carbocycles. The molecular weight excluding hydrogens is 471 g/mol. The molecule has 0 saturated carbocycles. The van der Waals surface area contributed by atoms with Gasteiger partial charge < -0.3 is 20.1 Å². The van der Waals surface area contributed by atoms with Crippen molar-refractivity contribution < 1.29 is 23.8 Å². The predicted octanol–water partition coefficient (Wildman–Crippen LogP) is 6.57. The van der Waals surface area contributed by atoms with E-state index >= 15 is 0 Å². The molecule has 1 amide bonds. The highest BCUT2D eigenvalue weighted by Crippen LogP contribution is 2.28. The summed E-state index contributed by atoms with van der Waals surface area (Å²) in [6.07, 6.45) is 0.469. The van der Waals surface area contributed by atoms with Gasteiger partial charge in [-0.2, -0.15) is 0 Å². The first-order valence-corrected chi connectivity index (χ1v) is 11.4. The van der Waals surface area contributed by atoms with Gasteiger partial charge in [-0.25, -0.2) is 4.39 Å². The van der Waals surface area contributed by atoms with E-state index in [2.05, 4.69) is 10.3 Å². The van der Waals surface area contributed by atoms with E-state index in [4.69, 9.17) is 21.4 Å². The van der Waals surface area contributed by atoms with E-state index in [9.17, 15) is 14.0 Å². The Kier molecular flexibility index (Phi) is 7.07. The Morgan fingerprint density at radius 1 is 1.09 bits per heavy atom. The van der Waals surface area contributed by atoms with Crippen molar-refractivity contribution in [3.63, 3.8) is 0 Å². The molecule has 0 aliphatic carbocycles. The van der Waals surface area contributed by atoms with Crippen molar-refractivity contribution in [2.75, 3.05) is 0 Å². The Morgan fingerprint density at radius 2 is 1.89 bits per heavy atom. The zero-order valence-corrected chi connectivity index (χ0v) is 19.9. The summed E-state index contributed by atoms with van der Waals surface area (Å²) in [5, 5.41) is 13.2. The number of nitrogens with one attached hydrogen (secondary N) is 2. The zero-order valence-electron chi connectivity index (χ0n) is 19.2. The van der Waals surface area contributed by atoms with Gasteiger partial charge in [-0.05, 0) is 85.5 Å². The summed E-state index contributed by atoms with van der Waals surface area (Å²) >= 11 is 6.02. The lowest BCUT2D eigenvalue weighted by Crippen LogP contribution is -2.27. The Morgan fingerprint density at radius 3 is 2.63 bits per heavy atom. The van der Waals surface area contributed by atoms with Crippen LogP contribution in [0.2, 0.25) is 5.02 Å². The van der Waals surface area contributed by atoms with Gasteiger partial charge in [-0.15, -0.1) is 0 Å². The molecule has 1 heterocycles. The molecular formula is C27H24ClFN2O4. The number of halogens is 2. The predicted molar refractivity (Wildman–Crippen MR) is 133 cm³/mol. The van der Waals surface area contributed by atoms with Gasteiger partial charge in [0.2, 0.25) is 0 Å². The maximum Gasteiger partial charge on any atom is 0.303 e. The topological polar surface area (TPSA) is 91.4 Å². The van der Waals surface area contributed by atoms with E-state index in [0.717, 1.165) is 22.0 Å². The fraction of sp³-hybridized carbons (Fsp3) is 0.185. The van der Waals surface area contributed by atoms with Gasteiger partial charge in [-0.3, -0.25) is 9.59 Å². The third-order valence-corrected chi connectivity index (χ3v) is 5.96. The molecule has 0 radical (unpaired) electrons. The van der Waals surface area contributed by atoms with Crippen molar-refractivity contribution in [1.29, 1.82) is 0 Å². The number of carboxylic acid groups (broad SMARTS) is 1. The van der Waals surface area contributed by atoms with Gasteiger partial charge in [0.25, 0.3) is 5.91 Å². The smallest absolute Gasteiger partial charge is 0.303 e. The van der Waals surface area contributed by atoms with Crippen molar-refractivity contribution in [2.45, 2.75) is 32.7 Å². The maximum absolute atomic E-state index is 14.4. The van der Waals surface area contributed by atoms with E-state index in [1.165, 1.54) is 12.1 Å². The summed E-state index contributed by atoms with van der Waals surface area (Å²) in [4.78, 5) is 26.6. The van der Waals surface area contributed by atoms with Gasteiger partial charge in [-0.1, -0.05) is 17.7 Å². The number of carbonyl (C=O) groups excluding carboxylic acids is 1. The molecule has 4 rings (SSSR count). The molecule has 1 unspecified atom stereocenters. The minimum absolute atomic E-state index is 0.0458. The fourth-order valence-corrected chi connectivity index (χ4v) is 4.05. The van der Waals surface area contributed by atoms with Crippen LogP contribution in [-0.4, -0.2) is 22.0 Å². The number of hydrogen-bond acceptors (Lipinski definition) is 3. The van der Waals surface area contributed by atoms with E-state index < -0.39 is 17.8 Å². The van der Waals surface area contributed by atoms with Crippen LogP contribution < -0.4 is 10.1 Å². The molecule has 0 saturated heterocycles. The Hall–Kier alpha value is -3.84. The molecule has 0 fully saturated rings. The number of aliphatic carboxylic acids is 1. The molecule has 35 heavy (non-hydrogen) atoms. The second kappa shape index (κ2) is 10.2. The van der Waals surface area contributed by atoms with Crippen molar-refractivity contribution in [1.82, 2.24) is 10.3 Å². The van der Waals surface area contributed by atoms with Crippen LogP contribution in [0, 0.1) is 12.7 Å². The summed E-state index contributed by atoms with van der Waals surface area (Å²) < 4.78 is 20.2. The van der Waals surface area contributed by atoms with Crippen LogP contribution in [-0.2, 0) is 11.2 Å². The highest BCUT2D eigenvalue weighted by molar-refractivity contribution is 6.31. The van der Waals surface area contributed by atoms with Gasteiger partial charge in [0, 0.05) is 28.4 Å². The fourth-order valence-electron chi connectivity index (χ4n) is 3.87. The summed E-state index contributed by atoms with van der Waals surface area (Å²) in [6, 6.07) is 16.1. The summed E-state index contributed by atoms with van der Waals surface area (Å²) in [7, 11) is 0. The second-order valence-corrected chi connectivity index (χ2v) is 8.85. The van der Waals surface area contributed by atoms with Crippen molar-refractivity contribution in [3.05, 3.63) is 93.9 Å². The molecule has 0 aliphatic rings. The first kappa shape index (κ1) is 24.3. The monoisotopic (exact) mass is 494 g/mol. The van der Waals surface area contributed by atoms with Crippen LogP contribution in [0.3, 0.4) is 0 Å². The number of aryl methyl sites for hydroxylation is 2. The average molecular weight is 495 g/mol. The van der Waals surface area contributed by atoms with Crippen LogP contribution in [0.15, 0.2) is 60.7 Å². The van der Waals surface area contributed by atoms with Crippen LogP contribution in [0.5, 0.6) is 11.5 Å². The van der Waals surface area contributed by atoms with Crippen LogP contribution in [0.25, 0.3) is 10.9 Å². The van der Waals surface area contributed by atoms with Gasteiger partial charge in [0.1, 0.15) is 23.0 Å². The molecule has 0 aliphatic heterocycles. The first-order chi connectivity index (χ1) is 16.7. The molecule has 6 nitrogen and oxygen atoms in total. The molecule has 4 aromatic rings. The molecule has 180 valence electrons. The number of amides is 1. The number of rotatable bonds is 8. The lowest BCUT2D eigenvalue weighted by Gasteiger charge is -2.16. The second-order valence-electron chi connectivity index (χ2n) is 8.41. The van der Waals surface area contributed by atoms with Crippen molar-refractivity contribution in [3.8, 4) is 11.5 Å². The number of aromatic nitrogens is 1. The van der Waals surface area contributed by atoms with E-state index in [0.29, 0.717) is 34.2 Å². The lowest BCUT2D eigenvalue weighted by molar-refractivity contribution is -0.136. The molecule has 0 spiro atoms. The average Bonchev–Trinajstić information content (AvgIpc) is 3.21. The van der Waals surface area contributed by atoms with Gasteiger partial charge in [0.15, 0.2) is 0 Å². The van der Waals surface area contributed by atoms with E-state index in [1.54, 1.807) is 49.4 Å². The maximum atomic E-state index is 14.4. The molecule has 1 atom stereocenters. The molecule has 1 aromatic heterocycles. The number of carboxylic acids is 1. The number of carbonyl (C=O) groups is 2. The third kappa shape index (κ3) is 6.00. The highest BCUT2D eigenvalue weighted by atomic mass is 35.5. The number of fused-ring (bicyclic) bond motifs is 1. The minimum Gasteiger partial charge on any atom is -0.481 e. The number of hydrogen-bond donors (Lipinski definition) is 3. The Labute approximate surface area is 206 Å². The van der Waals surface area contributed by atoms with E-state index in [-0.39, 0.29) is 12.3 Å². The zero-order chi connectivity index (χ0) is 25.1. The number of benzene rings is 3. The van der Waals surface area contributed by atoms with Crippen LogP contribution in [0.4, 0.5) is 4.39 Å². The number of H-pyrrole nitrogens is 1. The molecule has 8 heteroatoms. The number of aromatic amines is 1. The lowest BCUT2D eigenvalue weighted by atomic mass is 10.0. The van der Waals surface area contributed by atoms with Crippen LogP contribution in [0.1, 0.15) is 46.6 Å². The van der Waals surface area contributed by atoms with Crippen molar-refractivity contribution in [2.24, 2.45) is 0 Å². The standard InChI is InChI=1S/C27H24ClFN2O4/c1-15-9-22(6-3-17(15)4-8-26(32)33)35-23-12-18(11-21(29)14-23)16(2)30-27(34)25-13-19-10-20(28)5-7-24(19)31-25/h3,5-7,9-14,16,31H,4,8H2,1-2H3,(H,30,34)(H,32,33). The van der Waals surface area contributed by atoms with Crippen molar-refractivity contribution >= 4 is 34.4 Å². The quantitative estimate of drug-likeness (QED) is 0.258. The van der Waals surface area contributed by atoms with Crippen LogP contribution >= 0.6 is 11.6 Å². The third-order valence-electron chi connectivity index (χ3n) is 5.73. The SMILES string of the molecule is Cc1cc(Oc2cc(F)cc(C(C)NC(=O)c3cc4cc(Cl)ccc4[nH]3)c2)ccc1CCC(=O)O. The normalized spacial score (nSPS) is 11.9. The van der Waals surface area contributed by atoms with Gasteiger partial charge >= 0.3 is 5.97 Å². The molecule has 0 bridgehead atoms. The first-order valence-electron chi connectivity index (χ1n) is 11.1. The summed E-state index contributed by atoms with van der Waals surface area (Å²) in [5.41, 5.74) is 3.51. The largest absolute Gasteiger partial charge is 0.481 e. The number of ether oxygens (including phenoxy) is 1. The van der Waals surface area contributed by atoms with E-state index in [1.807, 2.05) is 13.0 Å². The summed E-state index contributed by atoms with van der Waals surface area (Å²) in [6.45, 7) is 3.63. The Bertz CT molecular complexity index is 1420. The van der Waals surface area contributed by atoms with Gasteiger partial charge in [0.05, 0.1) is 6.04 Å².